The van der Waals surface area contributed by atoms with Gasteiger partial charge < -0.3 is 10.1 Å². The monoisotopic (exact) mass is 237 g/mol. The molecule has 0 bridgehead atoms. The summed E-state index contributed by atoms with van der Waals surface area (Å²) in [4.78, 5) is 11.4. The number of terminal acetylenes is 1. The van der Waals surface area contributed by atoms with Gasteiger partial charge >= 0.3 is 0 Å². The van der Waals surface area contributed by atoms with Gasteiger partial charge in [0.15, 0.2) is 6.10 Å². The number of hydrogen-bond donors (Lipinski definition) is 1. The fourth-order valence-corrected chi connectivity index (χ4v) is 1.26. The summed E-state index contributed by atoms with van der Waals surface area (Å²) in [6.45, 7) is 1.84. The fourth-order valence-electron chi connectivity index (χ4n) is 1.08. The first-order valence-electron chi connectivity index (χ1n) is 4.77. The van der Waals surface area contributed by atoms with Gasteiger partial charge in [0, 0.05) is 5.02 Å². The number of nitrogens with one attached hydrogen (secondary N) is 1. The van der Waals surface area contributed by atoms with Crippen molar-refractivity contribution in [1.29, 1.82) is 0 Å². The SMILES string of the molecule is C#CCNC(=O)[C@H](C)Oc1cccc(Cl)c1. The molecular weight excluding hydrogens is 226 g/mol. The zero-order chi connectivity index (χ0) is 12.0. The normalized spacial score (nSPS) is 11.3. The van der Waals surface area contributed by atoms with Crippen molar-refractivity contribution in [2.75, 3.05) is 6.54 Å². The summed E-state index contributed by atoms with van der Waals surface area (Å²) >= 11 is 5.78. The van der Waals surface area contributed by atoms with Crippen molar-refractivity contribution in [2.45, 2.75) is 13.0 Å². The summed E-state index contributed by atoms with van der Waals surface area (Å²) in [5, 5.41) is 3.10. The second-order valence-corrected chi connectivity index (χ2v) is 3.58. The molecule has 0 spiro atoms. The topological polar surface area (TPSA) is 38.3 Å². The van der Waals surface area contributed by atoms with Crippen LogP contribution in [0, 0.1) is 12.3 Å². The number of rotatable bonds is 4. The third kappa shape index (κ3) is 3.84. The van der Waals surface area contributed by atoms with Crippen LogP contribution in [-0.2, 0) is 4.79 Å². The van der Waals surface area contributed by atoms with Gasteiger partial charge in [0.25, 0.3) is 5.91 Å². The van der Waals surface area contributed by atoms with Gasteiger partial charge in [-0.1, -0.05) is 23.6 Å². The fraction of sp³-hybridized carbons (Fsp3) is 0.250. The van der Waals surface area contributed by atoms with Crippen molar-refractivity contribution >= 4 is 17.5 Å². The highest BCUT2D eigenvalue weighted by Crippen LogP contribution is 2.18. The van der Waals surface area contributed by atoms with E-state index in [1.54, 1.807) is 31.2 Å². The highest BCUT2D eigenvalue weighted by Gasteiger charge is 2.13. The maximum Gasteiger partial charge on any atom is 0.261 e. The van der Waals surface area contributed by atoms with Crippen LogP contribution in [0.15, 0.2) is 24.3 Å². The average Bonchev–Trinajstić information content (AvgIpc) is 2.25. The molecule has 1 atom stereocenters. The summed E-state index contributed by atoms with van der Waals surface area (Å²) in [6, 6.07) is 6.87. The summed E-state index contributed by atoms with van der Waals surface area (Å²) in [6.07, 6.45) is 4.42. The van der Waals surface area contributed by atoms with Crippen molar-refractivity contribution in [3.8, 4) is 18.1 Å². The molecule has 0 unspecified atom stereocenters. The minimum Gasteiger partial charge on any atom is -0.481 e. The van der Waals surface area contributed by atoms with Gasteiger partial charge in [-0.25, -0.2) is 0 Å². The molecule has 4 heteroatoms. The molecule has 1 aromatic rings. The van der Waals surface area contributed by atoms with Gasteiger partial charge in [0.2, 0.25) is 0 Å². The minimum absolute atomic E-state index is 0.197. The van der Waals surface area contributed by atoms with E-state index in [1.165, 1.54) is 0 Å². The van der Waals surface area contributed by atoms with Crippen LogP contribution in [-0.4, -0.2) is 18.6 Å². The Hall–Kier alpha value is -1.66. The number of halogens is 1. The van der Waals surface area contributed by atoms with E-state index < -0.39 is 6.10 Å². The highest BCUT2D eigenvalue weighted by atomic mass is 35.5. The van der Waals surface area contributed by atoms with E-state index in [-0.39, 0.29) is 12.5 Å². The molecule has 1 amide bonds. The lowest BCUT2D eigenvalue weighted by Crippen LogP contribution is -2.36. The van der Waals surface area contributed by atoms with E-state index >= 15 is 0 Å². The predicted molar refractivity (Wildman–Crippen MR) is 63.4 cm³/mol. The minimum atomic E-state index is -0.605. The molecule has 0 fully saturated rings. The Labute approximate surface area is 99.7 Å². The van der Waals surface area contributed by atoms with Crippen molar-refractivity contribution in [1.82, 2.24) is 5.32 Å². The Morgan fingerprint density at radius 2 is 2.44 bits per heavy atom. The lowest BCUT2D eigenvalue weighted by atomic mass is 10.3. The number of hydrogen-bond acceptors (Lipinski definition) is 2. The summed E-state index contributed by atoms with van der Waals surface area (Å²) in [5.74, 6) is 2.62. The molecule has 0 aromatic heterocycles. The average molecular weight is 238 g/mol. The Balaban J connectivity index is 2.54. The van der Waals surface area contributed by atoms with Crippen molar-refractivity contribution in [3.63, 3.8) is 0 Å². The molecule has 1 aromatic carbocycles. The van der Waals surface area contributed by atoms with Crippen LogP contribution in [0.25, 0.3) is 0 Å². The van der Waals surface area contributed by atoms with E-state index in [0.29, 0.717) is 10.8 Å². The smallest absolute Gasteiger partial charge is 0.261 e. The van der Waals surface area contributed by atoms with E-state index in [9.17, 15) is 4.79 Å². The first-order chi connectivity index (χ1) is 7.63. The molecule has 0 radical (unpaired) electrons. The molecule has 16 heavy (non-hydrogen) atoms. The number of ether oxygens (including phenoxy) is 1. The molecule has 0 aliphatic heterocycles. The highest BCUT2D eigenvalue weighted by molar-refractivity contribution is 6.30. The lowest BCUT2D eigenvalue weighted by Gasteiger charge is -2.13. The van der Waals surface area contributed by atoms with Gasteiger partial charge in [-0.05, 0) is 25.1 Å². The molecule has 1 rings (SSSR count). The summed E-state index contributed by atoms with van der Waals surface area (Å²) < 4.78 is 5.39. The van der Waals surface area contributed by atoms with Crippen LogP contribution in [0.3, 0.4) is 0 Å². The molecule has 3 nitrogen and oxygen atoms in total. The molecule has 0 aliphatic carbocycles. The van der Waals surface area contributed by atoms with Crippen LogP contribution < -0.4 is 10.1 Å². The molecular formula is C12H12ClNO2. The van der Waals surface area contributed by atoms with Crippen LogP contribution in [0.5, 0.6) is 5.75 Å². The number of carbonyl (C=O) groups is 1. The Kier molecular flexibility index (Phi) is 4.68. The molecule has 0 saturated carbocycles. The van der Waals surface area contributed by atoms with E-state index in [1.807, 2.05) is 0 Å². The number of amides is 1. The molecule has 1 N–H and O–H groups in total. The van der Waals surface area contributed by atoms with Gasteiger partial charge in [-0.15, -0.1) is 6.42 Å². The zero-order valence-corrected chi connectivity index (χ0v) is 9.62. The van der Waals surface area contributed by atoms with Gasteiger partial charge in [0.05, 0.1) is 6.54 Å². The van der Waals surface area contributed by atoms with E-state index in [4.69, 9.17) is 22.8 Å². The van der Waals surface area contributed by atoms with Gasteiger partial charge in [-0.3, -0.25) is 4.79 Å². The molecule has 0 aliphatic rings. The van der Waals surface area contributed by atoms with E-state index in [2.05, 4.69) is 11.2 Å². The van der Waals surface area contributed by atoms with Gasteiger partial charge in [-0.2, -0.15) is 0 Å². The Morgan fingerprint density at radius 3 is 3.06 bits per heavy atom. The standard InChI is InChI=1S/C12H12ClNO2/c1-3-7-14-12(15)9(2)16-11-6-4-5-10(13)8-11/h1,4-6,8-9H,7H2,2H3,(H,14,15)/t9-/m0/s1. The van der Waals surface area contributed by atoms with Crippen molar-refractivity contribution in [3.05, 3.63) is 29.3 Å². The summed E-state index contributed by atoms with van der Waals surface area (Å²) in [7, 11) is 0. The van der Waals surface area contributed by atoms with Crippen LogP contribution in [0.1, 0.15) is 6.92 Å². The third-order valence-electron chi connectivity index (χ3n) is 1.84. The second-order valence-electron chi connectivity index (χ2n) is 3.14. The number of benzene rings is 1. The third-order valence-corrected chi connectivity index (χ3v) is 2.08. The maximum atomic E-state index is 11.4. The van der Waals surface area contributed by atoms with Crippen LogP contribution in [0.4, 0.5) is 0 Å². The van der Waals surface area contributed by atoms with Crippen LogP contribution >= 0.6 is 11.6 Å². The quantitative estimate of drug-likeness (QED) is 0.812. The van der Waals surface area contributed by atoms with Gasteiger partial charge in [0.1, 0.15) is 5.75 Å². The lowest BCUT2D eigenvalue weighted by molar-refractivity contribution is -0.126. The van der Waals surface area contributed by atoms with Crippen LogP contribution in [0.2, 0.25) is 5.02 Å². The second kappa shape index (κ2) is 6.04. The molecule has 0 saturated heterocycles. The number of carbonyl (C=O) groups excluding carboxylic acids is 1. The zero-order valence-electron chi connectivity index (χ0n) is 8.87. The summed E-state index contributed by atoms with van der Waals surface area (Å²) in [5.41, 5.74) is 0. The Morgan fingerprint density at radius 1 is 1.69 bits per heavy atom. The molecule has 0 heterocycles. The van der Waals surface area contributed by atoms with Crippen molar-refractivity contribution < 1.29 is 9.53 Å². The maximum absolute atomic E-state index is 11.4. The van der Waals surface area contributed by atoms with E-state index in [0.717, 1.165) is 0 Å². The van der Waals surface area contributed by atoms with Crippen molar-refractivity contribution in [2.24, 2.45) is 0 Å². The first-order valence-corrected chi connectivity index (χ1v) is 5.14. The first kappa shape index (κ1) is 12.4. The Bertz CT molecular complexity index is 412. The molecule has 84 valence electrons. The largest absolute Gasteiger partial charge is 0.481 e. The predicted octanol–water partition coefficient (Wildman–Crippen LogP) is 1.86.